The van der Waals surface area contributed by atoms with Crippen LogP contribution in [-0.4, -0.2) is 26.8 Å². The predicted molar refractivity (Wildman–Crippen MR) is 38.7 cm³/mol. The first-order chi connectivity index (χ1) is 5.20. The van der Waals surface area contributed by atoms with E-state index in [2.05, 4.69) is 10.4 Å². The van der Waals surface area contributed by atoms with E-state index < -0.39 is 12.0 Å². The molecule has 0 radical (unpaired) electrons. The maximum absolute atomic E-state index is 10.3. The van der Waals surface area contributed by atoms with Gasteiger partial charge in [0.05, 0.1) is 0 Å². The summed E-state index contributed by atoms with van der Waals surface area (Å²) >= 11 is 0. The molecule has 0 aliphatic carbocycles. The van der Waals surface area contributed by atoms with Crippen LogP contribution in [0, 0.1) is 0 Å². The van der Waals surface area contributed by atoms with Crippen LogP contribution >= 0.6 is 0 Å². The summed E-state index contributed by atoms with van der Waals surface area (Å²) in [5.41, 5.74) is 2.68. The first-order valence-electron chi connectivity index (χ1n) is 3.17. The van der Waals surface area contributed by atoms with Crippen LogP contribution in [0.3, 0.4) is 0 Å². The van der Waals surface area contributed by atoms with Crippen molar-refractivity contribution in [2.45, 2.75) is 13.0 Å². The van der Waals surface area contributed by atoms with Crippen LogP contribution in [0.25, 0.3) is 0 Å². The first-order valence-corrected chi connectivity index (χ1v) is 3.17. The Balaban J connectivity index is 2.50. The molecule has 1 heterocycles. The van der Waals surface area contributed by atoms with Crippen molar-refractivity contribution < 1.29 is 9.90 Å². The van der Waals surface area contributed by atoms with Crippen LogP contribution in [0.4, 0.5) is 0 Å². The van der Waals surface area contributed by atoms with Gasteiger partial charge in [-0.1, -0.05) is 0 Å². The molecule has 0 saturated carbocycles. The molecular weight excluding hydrogens is 146 g/mol. The Morgan fingerprint density at radius 1 is 1.82 bits per heavy atom. The molecule has 0 saturated heterocycles. The van der Waals surface area contributed by atoms with Crippen molar-refractivity contribution in [1.29, 1.82) is 0 Å². The molecule has 0 aliphatic rings. The maximum Gasteiger partial charge on any atom is 0.327 e. The average molecular weight is 155 g/mol. The molecule has 0 amide bonds. The number of hydrogen-bond acceptors (Lipinski definition) is 3. The van der Waals surface area contributed by atoms with E-state index in [1.54, 1.807) is 19.3 Å². The monoisotopic (exact) mass is 155 g/mol. The van der Waals surface area contributed by atoms with Crippen LogP contribution in [0.15, 0.2) is 18.7 Å². The third-order valence-electron chi connectivity index (χ3n) is 1.22. The van der Waals surface area contributed by atoms with E-state index in [0.717, 1.165) is 0 Å². The van der Waals surface area contributed by atoms with Gasteiger partial charge in [0.25, 0.3) is 0 Å². The molecule has 0 unspecified atom stereocenters. The van der Waals surface area contributed by atoms with Crippen molar-refractivity contribution in [3.63, 3.8) is 0 Å². The molecule has 0 bridgehead atoms. The Bertz CT molecular complexity index is 232. The van der Waals surface area contributed by atoms with E-state index >= 15 is 0 Å². The number of hydrogen-bond donors (Lipinski definition) is 2. The summed E-state index contributed by atoms with van der Waals surface area (Å²) in [6, 6.07) is -0.607. The van der Waals surface area contributed by atoms with Crippen molar-refractivity contribution in [2.75, 3.05) is 5.43 Å². The minimum absolute atomic E-state index is 0.607. The number of aromatic nitrogens is 2. The lowest BCUT2D eigenvalue weighted by molar-refractivity contribution is -0.137. The minimum Gasteiger partial charge on any atom is -0.480 e. The van der Waals surface area contributed by atoms with E-state index in [9.17, 15) is 4.79 Å². The van der Waals surface area contributed by atoms with Crippen LogP contribution in [0.2, 0.25) is 0 Å². The first kappa shape index (κ1) is 7.59. The number of imidazole rings is 1. The van der Waals surface area contributed by atoms with Crippen molar-refractivity contribution in [3.05, 3.63) is 18.7 Å². The lowest BCUT2D eigenvalue weighted by Crippen LogP contribution is -2.31. The normalized spacial score (nSPS) is 12.5. The van der Waals surface area contributed by atoms with Crippen LogP contribution in [0.5, 0.6) is 0 Å². The topological polar surface area (TPSA) is 67.2 Å². The molecule has 1 rings (SSSR count). The summed E-state index contributed by atoms with van der Waals surface area (Å²) in [4.78, 5) is 14.1. The number of carboxylic acid groups (broad SMARTS) is 1. The summed E-state index contributed by atoms with van der Waals surface area (Å²) in [5.74, 6) is -0.890. The molecule has 0 aliphatic heterocycles. The number of carboxylic acids is 1. The van der Waals surface area contributed by atoms with Gasteiger partial charge in [-0.15, -0.1) is 0 Å². The quantitative estimate of drug-likeness (QED) is 0.639. The van der Waals surface area contributed by atoms with Gasteiger partial charge in [0.15, 0.2) is 0 Å². The minimum atomic E-state index is -0.890. The number of aliphatic carboxylic acids is 1. The van der Waals surface area contributed by atoms with Crippen molar-refractivity contribution in [2.24, 2.45) is 0 Å². The Labute approximate surface area is 63.6 Å². The van der Waals surface area contributed by atoms with Crippen LogP contribution < -0.4 is 5.43 Å². The van der Waals surface area contributed by atoms with Gasteiger partial charge in [0.1, 0.15) is 12.4 Å². The number of carbonyl (C=O) groups is 1. The molecule has 5 nitrogen and oxygen atoms in total. The molecule has 60 valence electrons. The fourth-order valence-electron chi connectivity index (χ4n) is 0.614. The van der Waals surface area contributed by atoms with Crippen LogP contribution in [0.1, 0.15) is 6.92 Å². The Kier molecular flexibility index (Phi) is 2.10. The zero-order chi connectivity index (χ0) is 8.27. The molecule has 0 spiro atoms. The lowest BCUT2D eigenvalue weighted by atomic mass is 10.4. The second-order valence-corrected chi connectivity index (χ2v) is 2.16. The van der Waals surface area contributed by atoms with Gasteiger partial charge in [-0.3, -0.25) is 4.68 Å². The third kappa shape index (κ3) is 1.96. The highest BCUT2D eigenvalue weighted by molar-refractivity contribution is 5.74. The molecule has 1 atom stereocenters. The fraction of sp³-hybridized carbons (Fsp3) is 0.333. The summed E-state index contributed by atoms with van der Waals surface area (Å²) in [5, 5.41) is 8.48. The molecule has 1 aromatic heterocycles. The Morgan fingerprint density at radius 2 is 2.55 bits per heavy atom. The third-order valence-corrected chi connectivity index (χ3v) is 1.22. The van der Waals surface area contributed by atoms with E-state index in [-0.39, 0.29) is 0 Å². The lowest BCUT2D eigenvalue weighted by Gasteiger charge is -2.09. The van der Waals surface area contributed by atoms with E-state index in [0.29, 0.717) is 0 Å². The SMILES string of the molecule is C[C@H](Nn1ccnc1)C(=O)O. The van der Waals surface area contributed by atoms with Gasteiger partial charge in [0, 0.05) is 12.4 Å². The molecule has 2 N–H and O–H groups in total. The second-order valence-electron chi connectivity index (χ2n) is 2.16. The summed E-state index contributed by atoms with van der Waals surface area (Å²) < 4.78 is 1.50. The van der Waals surface area contributed by atoms with Crippen molar-refractivity contribution in [3.8, 4) is 0 Å². The predicted octanol–water partition coefficient (Wildman–Crippen LogP) is -0.100. The highest BCUT2D eigenvalue weighted by Crippen LogP contribution is 1.86. The van der Waals surface area contributed by atoms with Gasteiger partial charge in [-0.2, -0.15) is 0 Å². The summed E-state index contributed by atoms with van der Waals surface area (Å²) in [7, 11) is 0. The van der Waals surface area contributed by atoms with Crippen molar-refractivity contribution in [1.82, 2.24) is 9.66 Å². The molecule has 11 heavy (non-hydrogen) atoms. The molecule has 0 aromatic carbocycles. The molecular formula is C6H9N3O2. The van der Waals surface area contributed by atoms with Crippen molar-refractivity contribution >= 4 is 5.97 Å². The van der Waals surface area contributed by atoms with E-state index in [4.69, 9.17) is 5.11 Å². The average Bonchev–Trinajstić information content (AvgIpc) is 2.39. The smallest absolute Gasteiger partial charge is 0.327 e. The van der Waals surface area contributed by atoms with E-state index in [1.165, 1.54) is 11.0 Å². The molecule has 0 fully saturated rings. The highest BCUT2D eigenvalue weighted by atomic mass is 16.4. The Hall–Kier alpha value is -1.52. The Morgan fingerprint density at radius 3 is 3.00 bits per heavy atom. The largest absolute Gasteiger partial charge is 0.480 e. The zero-order valence-corrected chi connectivity index (χ0v) is 6.06. The van der Waals surface area contributed by atoms with Gasteiger partial charge >= 0.3 is 5.97 Å². The second kappa shape index (κ2) is 3.05. The molecule has 1 aromatic rings. The summed E-state index contributed by atoms with van der Waals surface area (Å²) in [6.45, 7) is 1.56. The van der Waals surface area contributed by atoms with E-state index in [1.807, 2.05) is 0 Å². The van der Waals surface area contributed by atoms with Gasteiger partial charge in [-0.05, 0) is 6.92 Å². The maximum atomic E-state index is 10.3. The standard InChI is InChI=1S/C6H9N3O2/c1-5(6(10)11)8-9-3-2-7-4-9/h2-5,8H,1H3,(H,10,11)/t5-/m0/s1. The number of nitrogens with one attached hydrogen (secondary N) is 1. The zero-order valence-electron chi connectivity index (χ0n) is 6.06. The highest BCUT2D eigenvalue weighted by Gasteiger charge is 2.08. The fourth-order valence-corrected chi connectivity index (χ4v) is 0.614. The number of nitrogens with zero attached hydrogens (tertiary/aromatic N) is 2. The summed E-state index contributed by atoms with van der Waals surface area (Å²) in [6.07, 6.45) is 4.71. The van der Waals surface area contributed by atoms with Crippen LogP contribution in [-0.2, 0) is 4.79 Å². The van der Waals surface area contributed by atoms with Gasteiger partial charge in [0.2, 0.25) is 0 Å². The molecule has 5 heteroatoms. The van der Waals surface area contributed by atoms with Gasteiger partial charge in [-0.25, -0.2) is 9.78 Å². The van der Waals surface area contributed by atoms with Gasteiger partial charge < -0.3 is 10.5 Å². The number of rotatable bonds is 3.